The number of unbranched alkanes of at least 4 members (excludes halogenated alkanes) is 2. The van der Waals surface area contributed by atoms with E-state index in [1.165, 1.54) is 25.7 Å². The van der Waals surface area contributed by atoms with E-state index in [0.29, 0.717) is 0 Å². The number of hydrogen-bond donors (Lipinski definition) is 0. The largest absolute Gasteiger partial charge is 0.358 e. The number of hydrogen-bond acceptors (Lipinski definition) is 4. The monoisotopic (exact) mass is 322 g/mol. The summed E-state index contributed by atoms with van der Waals surface area (Å²) in [6, 6.07) is 0. The Labute approximate surface area is 129 Å². The maximum Gasteiger partial charge on any atom is 0.141 e. The Hall–Kier alpha value is 0.274. The van der Waals surface area contributed by atoms with E-state index in [9.17, 15) is 0 Å². The first kappa shape index (κ1) is 20.3. The van der Waals surface area contributed by atoms with Gasteiger partial charge in [-0.2, -0.15) is 0 Å². The van der Waals surface area contributed by atoms with Gasteiger partial charge in [-0.15, -0.1) is 0 Å². The summed E-state index contributed by atoms with van der Waals surface area (Å²) in [4.78, 5) is 0. The Morgan fingerprint density at radius 1 is 0.800 bits per heavy atom. The fraction of sp³-hybridized carbons (Fsp3) is 1.00. The van der Waals surface area contributed by atoms with Crippen molar-refractivity contribution in [2.75, 3.05) is 28.4 Å². The summed E-state index contributed by atoms with van der Waals surface area (Å²) in [6.45, 7) is 6.38. The van der Waals surface area contributed by atoms with E-state index in [1.807, 2.05) is 0 Å². The maximum absolute atomic E-state index is 5.59. The molecule has 0 unspecified atom stereocenters. The molecule has 0 saturated carbocycles. The van der Waals surface area contributed by atoms with Gasteiger partial charge < -0.3 is 18.9 Å². The van der Waals surface area contributed by atoms with E-state index in [2.05, 4.69) is 20.8 Å². The lowest BCUT2D eigenvalue weighted by atomic mass is 10.2. The molecule has 0 aliphatic heterocycles. The summed E-state index contributed by atoms with van der Waals surface area (Å²) in [5, 5.41) is 0.719. The molecular weight excluding hydrogens is 288 g/mol. The fourth-order valence-electron chi connectivity index (χ4n) is 2.51. The van der Waals surface area contributed by atoms with Gasteiger partial charge in [0.15, 0.2) is 0 Å². The molecule has 0 spiro atoms. The normalized spacial score (nSPS) is 15.8. The van der Waals surface area contributed by atoms with E-state index in [0.717, 1.165) is 5.16 Å². The van der Waals surface area contributed by atoms with Crippen LogP contribution in [-0.2, 0) is 18.9 Å². The molecule has 0 N–H and O–H groups in total. The third-order valence-corrected chi connectivity index (χ3v) is 10.6. The first-order chi connectivity index (χ1) is 9.38. The van der Waals surface area contributed by atoms with Crippen LogP contribution in [0.3, 0.4) is 0 Å². The molecule has 0 saturated heterocycles. The Morgan fingerprint density at radius 2 is 1.20 bits per heavy atom. The van der Waals surface area contributed by atoms with E-state index >= 15 is 0 Å². The SMILES string of the molecule is CCCCCC([SiH2]C(C)(OC)OC)[SiH2]C(C)(OC)OC. The smallest absolute Gasteiger partial charge is 0.141 e. The van der Waals surface area contributed by atoms with Gasteiger partial charge in [-0.05, 0) is 13.8 Å². The molecule has 0 radical (unpaired) electrons. The highest BCUT2D eigenvalue weighted by Gasteiger charge is 2.34. The van der Waals surface area contributed by atoms with Crippen LogP contribution in [-0.4, -0.2) is 58.3 Å². The van der Waals surface area contributed by atoms with Gasteiger partial charge in [0.25, 0.3) is 0 Å². The summed E-state index contributed by atoms with van der Waals surface area (Å²) in [7, 11) is 5.92. The first-order valence-electron chi connectivity index (χ1n) is 7.59. The molecule has 20 heavy (non-hydrogen) atoms. The van der Waals surface area contributed by atoms with Crippen LogP contribution in [0, 0.1) is 0 Å². The molecule has 122 valence electrons. The van der Waals surface area contributed by atoms with Crippen LogP contribution >= 0.6 is 0 Å². The Balaban J connectivity index is 4.71. The van der Waals surface area contributed by atoms with Crippen molar-refractivity contribution in [1.29, 1.82) is 0 Å². The van der Waals surface area contributed by atoms with Gasteiger partial charge in [-0.1, -0.05) is 37.8 Å². The third-order valence-electron chi connectivity index (χ3n) is 4.26. The average Bonchev–Trinajstić information content (AvgIpc) is 2.47. The molecule has 0 heterocycles. The molecule has 6 heteroatoms. The van der Waals surface area contributed by atoms with Crippen molar-refractivity contribution in [3.05, 3.63) is 0 Å². The number of methoxy groups -OCH3 is 4. The van der Waals surface area contributed by atoms with Crippen LogP contribution in [0.1, 0.15) is 46.5 Å². The molecular formula is C14H34O4Si2. The van der Waals surface area contributed by atoms with E-state index in [4.69, 9.17) is 18.9 Å². The molecule has 0 rings (SSSR count). The van der Waals surface area contributed by atoms with Crippen LogP contribution in [0.15, 0.2) is 0 Å². The molecule has 0 aromatic carbocycles. The minimum Gasteiger partial charge on any atom is -0.358 e. The highest BCUT2D eigenvalue weighted by molar-refractivity contribution is 6.61. The summed E-state index contributed by atoms with van der Waals surface area (Å²) in [5.74, 6) is 0. The van der Waals surface area contributed by atoms with Gasteiger partial charge in [0.2, 0.25) is 0 Å². The Morgan fingerprint density at radius 3 is 1.50 bits per heavy atom. The third kappa shape index (κ3) is 7.33. The summed E-state index contributed by atoms with van der Waals surface area (Å²) in [5.41, 5.74) is -0.738. The van der Waals surface area contributed by atoms with Gasteiger partial charge >= 0.3 is 0 Å². The van der Waals surface area contributed by atoms with Crippen molar-refractivity contribution < 1.29 is 18.9 Å². The fourth-order valence-corrected chi connectivity index (χ4v) is 9.98. The lowest BCUT2D eigenvalue weighted by Gasteiger charge is -2.35. The lowest BCUT2D eigenvalue weighted by Crippen LogP contribution is -2.46. The second-order valence-corrected chi connectivity index (χ2v) is 12.7. The average molecular weight is 323 g/mol. The van der Waals surface area contributed by atoms with Crippen molar-refractivity contribution in [1.82, 2.24) is 0 Å². The zero-order valence-corrected chi connectivity index (χ0v) is 17.3. The van der Waals surface area contributed by atoms with Crippen molar-refractivity contribution >= 4 is 19.0 Å². The molecule has 0 aromatic heterocycles. The Bertz CT molecular complexity index is 223. The highest BCUT2D eigenvalue weighted by Crippen LogP contribution is 2.25. The van der Waals surface area contributed by atoms with Crippen molar-refractivity contribution in [2.45, 2.75) is 62.4 Å². The van der Waals surface area contributed by atoms with Crippen molar-refractivity contribution in [2.24, 2.45) is 0 Å². The van der Waals surface area contributed by atoms with Crippen LogP contribution < -0.4 is 0 Å². The molecule has 0 atom stereocenters. The maximum atomic E-state index is 5.59. The molecule has 0 fully saturated rings. The summed E-state index contributed by atoms with van der Waals surface area (Å²) >= 11 is 0. The zero-order chi connectivity index (χ0) is 15.6. The van der Waals surface area contributed by atoms with E-state index < -0.39 is 19.0 Å². The first-order valence-corrected chi connectivity index (χ1v) is 10.6. The predicted molar refractivity (Wildman–Crippen MR) is 89.8 cm³/mol. The van der Waals surface area contributed by atoms with Crippen LogP contribution in [0.4, 0.5) is 0 Å². The highest BCUT2D eigenvalue weighted by atomic mass is 28.3. The minimum absolute atomic E-state index is 0.369. The van der Waals surface area contributed by atoms with E-state index in [1.54, 1.807) is 28.4 Å². The van der Waals surface area contributed by atoms with Crippen molar-refractivity contribution in [3.63, 3.8) is 0 Å². The quantitative estimate of drug-likeness (QED) is 0.311. The zero-order valence-electron chi connectivity index (χ0n) is 14.5. The predicted octanol–water partition coefficient (Wildman–Crippen LogP) is 1.58. The number of ether oxygens (including phenoxy) is 4. The second-order valence-electron chi connectivity index (χ2n) is 5.85. The number of rotatable bonds is 12. The van der Waals surface area contributed by atoms with Crippen LogP contribution in [0.25, 0.3) is 0 Å². The minimum atomic E-state index is -0.526. The van der Waals surface area contributed by atoms with Gasteiger partial charge in [-0.3, -0.25) is 0 Å². The van der Waals surface area contributed by atoms with Gasteiger partial charge in [0.1, 0.15) is 10.8 Å². The second kappa shape index (κ2) is 10.1. The molecule has 0 amide bonds. The van der Waals surface area contributed by atoms with Crippen molar-refractivity contribution in [3.8, 4) is 0 Å². The standard InChI is InChI=1S/C14H34O4Si2/c1-8-9-10-11-12(19-13(2,15-4)16-5)20-14(3,17-6)18-7/h12H,8-11,19-20H2,1-7H3. The molecule has 0 aliphatic carbocycles. The van der Waals surface area contributed by atoms with Crippen LogP contribution in [0.2, 0.25) is 5.16 Å². The molecule has 0 aromatic rings. The summed E-state index contributed by atoms with van der Waals surface area (Å²) in [6.07, 6.45) is 5.10. The Kier molecular flexibility index (Phi) is 10.2. The summed E-state index contributed by atoms with van der Waals surface area (Å²) < 4.78 is 22.3. The van der Waals surface area contributed by atoms with Gasteiger partial charge in [0, 0.05) is 28.4 Å². The van der Waals surface area contributed by atoms with E-state index in [-0.39, 0.29) is 10.8 Å². The topological polar surface area (TPSA) is 36.9 Å². The molecule has 4 nitrogen and oxygen atoms in total. The van der Waals surface area contributed by atoms with Crippen LogP contribution in [0.5, 0.6) is 0 Å². The molecule has 0 aliphatic rings. The molecule has 0 bridgehead atoms. The lowest BCUT2D eigenvalue weighted by molar-refractivity contribution is -0.134. The van der Waals surface area contributed by atoms with Gasteiger partial charge in [-0.25, -0.2) is 0 Å². The van der Waals surface area contributed by atoms with Gasteiger partial charge in [0.05, 0.1) is 19.0 Å².